The number of carbonyl (C=O) groups excluding carboxylic acids is 1. The second kappa shape index (κ2) is 4.24. The molecule has 2 N–H and O–H groups in total. The first-order chi connectivity index (χ1) is 6.90. The van der Waals surface area contributed by atoms with E-state index in [0.717, 1.165) is 38.0 Å². The van der Waals surface area contributed by atoms with E-state index in [2.05, 4.69) is 22.8 Å². The standard InChI is InChI=1S/C11H14N2O/c14-8-13-11-2-1-9-3-5-12-6-4-10(9)7-11/h1-2,7-8,12H,3-6H2,(H,13,14). The molecule has 0 fully saturated rings. The molecule has 1 aromatic rings. The number of nitrogens with one attached hydrogen (secondary N) is 2. The van der Waals surface area contributed by atoms with E-state index in [0.29, 0.717) is 0 Å². The number of carbonyl (C=O) groups is 1. The van der Waals surface area contributed by atoms with Gasteiger partial charge in [-0.15, -0.1) is 0 Å². The Hall–Kier alpha value is -1.35. The zero-order chi connectivity index (χ0) is 9.80. The molecule has 0 saturated heterocycles. The van der Waals surface area contributed by atoms with Crippen molar-refractivity contribution < 1.29 is 4.79 Å². The molecule has 0 aliphatic carbocycles. The Kier molecular flexibility index (Phi) is 2.79. The fraction of sp³-hybridized carbons (Fsp3) is 0.364. The van der Waals surface area contributed by atoms with E-state index >= 15 is 0 Å². The lowest BCUT2D eigenvalue weighted by Crippen LogP contribution is -2.16. The molecule has 3 heteroatoms. The third-order valence-electron chi connectivity index (χ3n) is 2.57. The van der Waals surface area contributed by atoms with Crippen LogP contribution in [0.15, 0.2) is 18.2 Å². The highest BCUT2D eigenvalue weighted by Gasteiger charge is 2.07. The van der Waals surface area contributed by atoms with Crippen LogP contribution in [-0.4, -0.2) is 19.5 Å². The van der Waals surface area contributed by atoms with E-state index in [9.17, 15) is 4.79 Å². The molecular formula is C11H14N2O. The summed E-state index contributed by atoms with van der Waals surface area (Å²) in [6.07, 6.45) is 2.84. The SMILES string of the molecule is O=CNc1ccc2c(c1)CCNCC2. The fourth-order valence-electron chi connectivity index (χ4n) is 1.83. The number of benzene rings is 1. The van der Waals surface area contributed by atoms with Crippen LogP contribution >= 0.6 is 0 Å². The molecule has 0 saturated carbocycles. The number of hydrogen-bond acceptors (Lipinski definition) is 2. The first kappa shape index (κ1) is 9.21. The fourth-order valence-corrected chi connectivity index (χ4v) is 1.83. The Morgan fingerprint density at radius 3 is 2.79 bits per heavy atom. The van der Waals surface area contributed by atoms with Crippen molar-refractivity contribution in [1.29, 1.82) is 0 Å². The van der Waals surface area contributed by atoms with Crippen LogP contribution in [0.25, 0.3) is 0 Å². The number of amides is 1. The Labute approximate surface area is 83.5 Å². The molecule has 1 aliphatic heterocycles. The van der Waals surface area contributed by atoms with E-state index < -0.39 is 0 Å². The van der Waals surface area contributed by atoms with Gasteiger partial charge in [0, 0.05) is 5.69 Å². The smallest absolute Gasteiger partial charge is 0.211 e. The summed E-state index contributed by atoms with van der Waals surface area (Å²) in [4.78, 5) is 10.3. The van der Waals surface area contributed by atoms with E-state index in [1.54, 1.807) is 0 Å². The molecule has 1 aromatic carbocycles. The van der Waals surface area contributed by atoms with Crippen molar-refractivity contribution in [1.82, 2.24) is 5.32 Å². The van der Waals surface area contributed by atoms with E-state index in [-0.39, 0.29) is 0 Å². The molecule has 0 radical (unpaired) electrons. The highest BCUT2D eigenvalue weighted by atomic mass is 16.1. The van der Waals surface area contributed by atoms with Crippen LogP contribution < -0.4 is 10.6 Å². The van der Waals surface area contributed by atoms with Crippen molar-refractivity contribution in [2.24, 2.45) is 0 Å². The lowest BCUT2D eigenvalue weighted by atomic mass is 10.0. The van der Waals surface area contributed by atoms with Crippen molar-refractivity contribution in [3.8, 4) is 0 Å². The second-order valence-electron chi connectivity index (χ2n) is 3.50. The summed E-state index contributed by atoms with van der Waals surface area (Å²) in [7, 11) is 0. The van der Waals surface area contributed by atoms with Gasteiger partial charge in [0.25, 0.3) is 0 Å². The van der Waals surface area contributed by atoms with Crippen LogP contribution in [-0.2, 0) is 17.6 Å². The first-order valence-electron chi connectivity index (χ1n) is 4.93. The average molecular weight is 190 g/mol. The zero-order valence-corrected chi connectivity index (χ0v) is 8.05. The highest BCUT2D eigenvalue weighted by molar-refractivity contribution is 5.71. The molecule has 1 heterocycles. The maximum atomic E-state index is 10.3. The summed E-state index contributed by atoms with van der Waals surface area (Å²) >= 11 is 0. The molecular weight excluding hydrogens is 176 g/mol. The maximum Gasteiger partial charge on any atom is 0.211 e. The van der Waals surface area contributed by atoms with Gasteiger partial charge in [-0.25, -0.2) is 0 Å². The molecule has 2 rings (SSSR count). The molecule has 74 valence electrons. The monoisotopic (exact) mass is 190 g/mol. The topological polar surface area (TPSA) is 41.1 Å². The number of fused-ring (bicyclic) bond motifs is 1. The molecule has 0 atom stereocenters. The largest absolute Gasteiger partial charge is 0.329 e. The minimum atomic E-state index is 0.719. The van der Waals surface area contributed by atoms with Crippen molar-refractivity contribution in [2.45, 2.75) is 12.8 Å². The van der Waals surface area contributed by atoms with Crippen molar-refractivity contribution >= 4 is 12.1 Å². The van der Waals surface area contributed by atoms with Crippen LogP contribution in [0.4, 0.5) is 5.69 Å². The molecule has 14 heavy (non-hydrogen) atoms. The van der Waals surface area contributed by atoms with Gasteiger partial charge in [0.1, 0.15) is 0 Å². The number of rotatable bonds is 2. The minimum Gasteiger partial charge on any atom is -0.329 e. The normalized spacial score (nSPS) is 15.4. The highest BCUT2D eigenvalue weighted by Crippen LogP contribution is 2.17. The van der Waals surface area contributed by atoms with Gasteiger partial charge in [-0.2, -0.15) is 0 Å². The van der Waals surface area contributed by atoms with Crippen LogP contribution in [0.1, 0.15) is 11.1 Å². The van der Waals surface area contributed by atoms with Gasteiger partial charge < -0.3 is 10.6 Å². The lowest BCUT2D eigenvalue weighted by molar-refractivity contribution is -0.105. The van der Waals surface area contributed by atoms with Gasteiger partial charge in [0.2, 0.25) is 6.41 Å². The van der Waals surface area contributed by atoms with Gasteiger partial charge >= 0.3 is 0 Å². The molecule has 3 nitrogen and oxygen atoms in total. The predicted molar refractivity (Wildman–Crippen MR) is 56.4 cm³/mol. The van der Waals surface area contributed by atoms with E-state index in [1.807, 2.05) is 6.07 Å². The summed E-state index contributed by atoms with van der Waals surface area (Å²) in [5, 5.41) is 6.03. The summed E-state index contributed by atoms with van der Waals surface area (Å²) in [5.41, 5.74) is 3.63. The molecule has 1 aliphatic rings. The van der Waals surface area contributed by atoms with Crippen LogP contribution in [0.5, 0.6) is 0 Å². The number of hydrogen-bond donors (Lipinski definition) is 2. The molecule has 0 spiro atoms. The van der Waals surface area contributed by atoms with Gasteiger partial charge in [-0.05, 0) is 49.2 Å². The second-order valence-corrected chi connectivity index (χ2v) is 3.50. The molecule has 1 amide bonds. The summed E-state index contributed by atoms with van der Waals surface area (Å²) in [5.74, 6) is 0. The van der Waals surface area contributed by atoms with Crippen molar-refractivity contribution in [3.63, 3.8) is 0 Å². The lowest BCUT2D eigenvalue weighted by Gasteiger charge is -2.07. The Morgan fingerprint density at radius 2 is 2.00 bits per heavy atom. The first-order valence-corrected chi connectivity index (χ1v) is 4.93. The van der Waals surface area contributed by atoms with E-state index in [4.69, 9.17) is 0 Å². The van der Waals surface area contributed by atoms with Crippen LogP contribution in [0, 0.1) is 0 Å². The summed E-state index contributed by atoms with van der Waals surface area (Å²) in [6, 6.07) is 6.13. The Bertz CT molecular complexity index is 336. The van der Waals surface area contributed by atoms with E-state index in [1.165, 1.54) is 11.1 Å². The van der Waals surface area contributed by atoms with Crippen LogP contribution in [0.2, 0.25) is 0 Å². The number of anilines is 1. The Morgan fingerprint density at radius 1 is 1.21 bits per heavy atom. The van der Waals surface area contributed by atoms with Crippen LogP contribution in [0.3, 0.4) is 0 Å². The molecule has 0 bridgehead atoms. The average Bonchev–Trinajstić information content (AvgIpc) is 2.42. The third-order valence-corrected chi connectivity index (χ3v) is 2.57. The minimum absolute atomic E-state index is 0.719. The maximum absolute atomic E-state index is 10.3. The van der Waals surface area contributed by atoms with Gasteiger partial charge in [-0.3, -0.25) is 4.79 Å². The summed E-state index contributed by atoms with van der Waals surface area (Å²) in [6.45, 7) is 2.07. The Balaban J connectivity index is 2.27. The molecule has 0 aromatic heterocycles. The summed E-state index contributed by atoms with van der Waals surface area (Å²) < 4.78 is 0. The zero-order valence-electron chi connectivity index (χ0n) is 8.05. The van der Waals surface area contributed by atoms with Gasteiger partial charge in [0.15, 0.2) is 0 Å². The third kappa shape index (κ3) is 1.93. The van der Waals surface area contributed by atoms with Gasteiger partial charge in [0.05, 0.1) is 0 Å². The predicted octanol–water partition coefficient (Wildman–Crippen LogP) is 0.943. The molecule has 0 unspecified atom stereocenters. The van der Waals surface area contributed by atoms with Gasteiger partial charge in [-0.1, -0.05) is 6.07 Å². The quantitative estimate of drug-likeness (QED) is 0.681. The van der Waals surface area contributed by atoms with Crippen molar-refractivity contribution in [2.75, 3.05) is 18.4 Å². The van der Waals surface area contributed by atoms with Crippen molar-refractivity contribution in [3.05, 3.63) is 29.3 Å².